The van der Waals surface area contributed by atoms with Gasteiger partial charge in [0.1, 0.15) is 5.82 Å². The Hall–Kier alpha value is -0.870. The van der Waals surface area contributed by atoms with E-state index in [1.165, 1.54) is 17.2 Å². The van der Waals surface area contributed by atoms with Gasteiger partial charge in [-0.3, -0.25) is 0 Å². The zero-order valence-electron chi connectivity index (χ0n) is 11.1. The Morgan fingerprint density at radius 3 is 2.76 bits per heavy atom. The van der Waals surface area contributed by atoms with Crippen LogP contribution in [0.1, 0.15) is 36.0 Å². The standard InChI is InChI=1S/C13H23N3O/c1-10-13(11-5-8-17-9-6-11)16(3)12(15-10)4-7-14-2/h11,14H,4-9H2,1-3H3. The number of imidazole rings is 1. The van der Waals surface area contributed by atoms with Gasteiger partial charge in [0, 0.05) is 44.8 Å². The Balaban J connectivity index is 2.17. The van der Waals surface area contributed by atoms with Crippen LogP contribution in [0.2, 0.25) is 0 Å². The molecule has 0 radical (unpaired) electrons. The summed E-state index contributed by atoms with van der Waals surface area (Å²) < 4.78 is 7.73. The summed E-state index contributed by atoms with van der Waals surface area (Å²) in [5.74, 6) is 1.82. The van der Waals surface area contributed by atoms with Crippen LogP contribution in [0.4, 0.5) is 0 Å². The molecule has 4 heteroatoms. The molecule has 0 unspecified atom stereocenters. The van der Waals surface area contributed by atoms with Gasteiger partial charge in [-0.1, -0.05) is 0 Å². The average Bonchev–Trinajstić information content (AvgIpc) is 2.63. The van der Waals surface area contributed by atoms with Crippen LogP contribution in [0.25, 0.3) is 0 Å². The van der Waals surface area contributed by atoms with E-state index < -0.39 is 0 Å². The summed E-state index contributed by atoms with van der Waals surface area (Å²) in [6.45, 7) is 4.90. The lowest BCUT2D eigenvalue weighted by atomic mass is 9.95. The lowest BCUT2D eigenvalue weighted by Crippen LogP contribution is -2.18. The number of aromatic nitrogens is 2. The minimum absolute atomic E-state index is 0.629. The van der Waals surface area contributed by atoms with Crippen molar-refractivity contribution in [3.8, 4) is 0 Å². The quantitative estimate of drug-likeness (QED) is 0.860. The zero-order chi connectivity index (χ0) is 12.3. The molecule has 17 heavy (non-hydrogen) atoms. The first-order valence-corrected chi connectivity index (χ1v) is 6.48. The molecular formula is C13H23N3O. The molecule has 0 atom stereocenters. The molecule has 0 spiro atoms. The summed E-state index contributed by atoms with van der Waals surface area (Å²) in [6, 6.07) is 0. The van der Waals surface area contributed by atoms with Crippen molar-refractivity contribution >= 4 is 0 Å². The third-order valence-electron chi connectivity index (χ3n) is 3.62. The first kappa shape index (κ1) is 12.6. The average molecular weight is 237 g/mol. The van der Waals surface area contributed by atoms with E-state index in [4.69, 9.17) is 9.72 Å². The van der Waals surface area contributed by atoms with Crippen molar-refractivity contribution in [1.29, 1.82) is 0 Å². The fourth-order valence-electron chi connectivity index (χ4n) is 2.71. The molecular weight excluding hydrogens is 214 g/mol. The number of aryl methyl sites for hydroxylation is 1. The SMILES string of the molecule is CNCCc1nc(C)c(C2CCOCC2)n1C. The van der Waals surface area contributed by atoms with Crippen molar-refractivity contribution in [3.63, 3.8) is 0 Å². The first-order valence-electron chi connectivity index (χ1n) is 6.48. The van der Waals surface area contributed by atoms with Crippen molar-refractivity contribution in [2.75, 3.05) is 26.8 Å². The highest BCUT2D eigenvalue weighted by atomic mass is 16.5. The van der Waals surface area contributed by atoms with E-state index in [0.717, 1.165) is 39.0 Å². The smallest absolute Gasteiger partial charge is 0.110 e. The van der Waals surface area contributed by atoms with Crippen LogP contribution in [0.15, 0.2) is 0 Å². The fourth-order valence-corrected chi connectivity index (χ4v) is 2.71. The molecule has 4 nitrogen and oxygen atoms in total. The third-order valence-corrected chi connectivity index (χ3v) is 3.62. The van der Waals surface area contributed by atoms with Gasteiger partial charge in [-0.2, -0.15) is 0 Å². The molecule has 1 aromatic heterocycles. The molecule has 0 bridgehead atoms. The first-order chi connectivity index (χ1) is 8.24. The highest BCUT2D eigenvalue weighted by molar-refractivity contribution is 5.21. The van der Waals surface area contributed by atoms with Crippen molar-refractivity contribution < 1.29 is 4.74 Å². The van der Waals surface area contributed by atoms with E-state index in [-0.39, 0.29) is 0 Å². The number of ether oxygens (including phenoxy) is 1. The highest BCUT2D eigenvalue weighted by Gasteiger charge is 2.22. The topological polar surface area (TPSA) is 39.1 Å². The van der Waals surface area contributed by atoms with Crippen molar-refractivity contribution in [2.45, 2.75) is 32.1 Å². The molecule has 1 saturated heterocycles. The molecule has 0 aliphatic carbocycles. The second-order valence-electron chi connectivity index (χ2n) is 4.80. The van der Waals surface area contributed by atoms with E-state index in [2.05, 4.69) is 23.9 Å². The van der Waals surface area contributed by atoms with Crippen LogP contribution in [0.3, 0.4) is 0 Å². The third kappa shape index (κ3) is 2.69. The molecule has 2 heterocycles. The van der Waals surface area contributed by atoms with Gasteiger partial charge in [0.15, 0.2) is 0 Å². The second-order valence-corrected chi connectivity index (χ2v) is 4.80. The lowest BCUT2D eigenvalue weighted by Gasteiger charge is -2.23. The molecule has 1 fully saturated rings. The van der Waals surface area contributed by atoms with Gasteiger partial charge in [0.2, 0.25) is 0 Å². The minimum Gasteiger partial charge on any atom is -0.381 e. The van der Waals surface area contributed by atoms with Gasteiger partial charge < -0.3 is 14.6 Å². The highest BCUT2D eigenvalue weighted by Crippen LogP contribution is 2.29. The molecule has 1 aliphatic heterocycles. The van der Waals surface area contributed by atoms with Gasteiger partial charge in [-0.15, -0.1) is 0 Å². The molecule has 1 aromatic rings. The maximum Gasteiger partial charge on any atom is 0.110 e. The van der Waals surface area contributed by atoms with E-state index >= 15 is 0 Å². The number of nitrogens with zero attached hydrogens (tertiary/aromatic N) is 2. The van der Waals surface area contributed by atoms with Crippen molar-refractivity contribution in [3.05, 3.63) is 17.2 Å². The van der Waals surface area contributed by atoms with Crippen LogP contribution in [-0.4, -0.2) is 36.4 Å². The van der Waals surface area contributed by atoms with Crippen LogP contribution < -0.4 is 5.32 Å². The normalized spacial score (nSPS) is 17.6. The Morgan fingerprint density at radius 1 is 1.41 bits per heavy atom. The van der Waals surface area contributed by atoms with Crippen molar-refractivity contribution in [2.24, 2.45) is 7.05 Å². The number of hydrogen-bond acceptors (Lipinski definition) is 3. The van der Waals surface area contributed by atoms with Crippen LogP contribution in [-0.2, 0) is 18.2 Å². The van der Waals surface area contributed by atoms with Gasteiger partial charge in [0.25, 0.3) is 0 Å². The molecule has 0 saturated carbocycles. The molecule has 1 aliphatic rings. The van der Waals surface area contributed by atoms with E-state index in [1.54, 1.807) is 0 Å². The monoisotopic (exact) mass is 237 g/mol. The van der Waals surface area contributed by atoms with E-state index in [0.29, 0.717) is 5.92 Å². The Morgan fingerprint density at radius 2 is 2.12 bits per heavy atom. The second kappa shape index (κ2) is 5.65. The summed E-state index contributed by atoms with van der Waals surface area (Å²) in [6.07, 6.45) is 3.26. The number of nitrogens with one attached hydrogen (secondary N) is 1. The van der Waals surface area contributed by atoms with Gasteiger partial charge in [-0.05, 0) is 26.8 Å². The fraction of sp³-hybridized carbons (Fsp3) is 0.769. The summed E-state index contributed by atoms with van der Waals surface area (Å²) in [5.41, 5.74) is 2.62. The van der Waals surface area contributed by atoms with Crippen LogP contribution >= 0.6 is 0 Å². The summed E-state index contributed by atoms with van der Waals surface area (Å²) in [4.78, 5) is 4.71. The van der Waals surface area contributed by atoms with Gasteiger partial charge >= 0.3 is 0 Å². The minimum atomic E-state index is 0.629. The largest absolute Gasteiger partial charge is 0.381 e. The van der Waals surface area contributed by atoms with Crippen LogP contribution in [0.5, 0.6) is 0 Å². The van der Waals surface area contributed by atoms with Crippen LogP contribution in [0, 0.1) is 6.92 Å². The maximum atomic E-state index is 5.43. The number of likely N-dealkylation sites (N-methyl/N-ethyl adjacent to an activating group) is 1. The molecule has 0 aromatic carbocycles. The number of rotatable bonds is 4. The van der Waals surface area contributed by atoms with E-state index in [9.17, 15) is 0 Å². The Labute approximate surface area is 103 Å². The predicted molar refractivity (Wildman–Crippen MR) is 68.4 cm³/mol. The maximum absolute atomic E-state index is 5.43. The van der Waals surface area contributed by atoms with Crippen molar-refractivity contribution in [1.82, 2.24) is 14.9 Å². The van der Waals surface area contributed by atoms with E-state index in [1.807, 2.05) is 7.05 Å². The number of hydrogen-bond donors (Lipinski definition) is 1. The Kier molecular flexibility index (Phi) is 4.18. The molecule has 1 N–H and O–H groups in total. The summed E-state index contributed by atoms with van der Waals surface area (Å²) >= 11 is 0. The Bertz CT molecular complexity index is 367. The molecule has 96 valence electrons. The predicted octanol–water partition coefficient (Wildman–Crippen LogP) is 1.38. The molecule has 2 rings (SSSR count). The lowest BCUT2D eigenvalue weighted by molar-refractivity contribution is 0.0837. The summed E-state index contributed by atoms with van der Waals surface area (Å²) in [5, 5.41) is 3.18. The van der Waals surface area contributed by atoms with Gasteiger partial charge in [-0.25, -0.2) is 4.98 Å². The summed E-state index contributed by atoms with van der Waals surface area (Å²) in [7, 11) is 4.13. The van der Waals surface area contributed by atoms with Gasteiger partial charge in [0.05, 0.1) is 5.69 Å². The molecule has 0 amide bonds. The zero-order valence-corrected chi connectivity index (χ0v) is 11.1.